The maximum Gasteiger partial charge on any atom is -0.0474 e. The maximum atomic E-state index is 2.26. The molecule has 172 valence electrons. The molecular weight excluding hydrogens is 324 g/mol. The van der Waals surface area contributed by atoms with Crippen molar-refractivity contribution in [2.45, 2.75) is 172 Å². The van der Waals surface area contributed by atoms with Gasteiger partial charge in [-0.05, 0) is 5.92 Å². The Hall–Kier alpha value is 0. The Balaban J connectivity index is -0.0000000773. The molecule has 0 aliphatic heterocycles. The summed E-state index contributed by atoms with van der Waals surface area (Å²) >= 11 is 0. The first-order valence-electron chi connectivity index (χ1n) is 12.9. The van der Waals surface area contributed by atoms with Crippen LogP contribution >= 0.6 is 0 Å². The number of hydrogen-bond acceptors (Lipinski definition) is 0. The highest BCUT2D eigenvalue weighted by molar-refractivity contribution is 4.39. The van der Waals surface area contributed by atoms with Crippen molar-refractivity contribution < 1.29 is 0 Å². The zero-order valence-electron chi connectivity index (χ0n) is 22.2. The van der Waals surface area contributed by atoms with Gasteiger partial charge in [0.2, 0.25) is 0 Å². The summed E-state index contributed by atoms with van der Waals surface area (Å²) in [6.45, 7) is 24.3. The predicted octanol–water partition coefficient (Wildman–Crippen LogP) is 11.6. The second-order valence-corrected chi connectivity index (χ2v) is 7.98. The van der Waals surface area contributed by atoms with Crippen LogP contribution in [0.4, 0.5) is 0 Å². The van der Waals surface area contributed by atoms with Gasteiger partial charge < -0.3 is 0 Å². The van der Waals surface area contributed by atoms with E-state index in [9.17, 15) is 0 Å². The molecule has 0 aromatic rings. The summed E-state index contributed by atoms with van der Waals surface area (Å²) in [6, 6.07) is 0. The van der Waals surface area contributed by atoms with Gasteiger partial charge in [0.05, 0.1) is 0 Å². The molecule has 27 heavy (non-hydrogen) atoms. The predicted molar refractivity (Wildman–Crippen MR) is 135 cm³/mol. The lowest BCUT2D eigenvalue weighted by Crippen LogP contribution is -1.77. The fraction of sp³-hybridized carbons (Fsp3) is 1.00. The molecule has 0 saturated heterocycles. The maximum absolute atomic E-state index is 2.26. The summed E-state index contributed by atoms with van der Waals surface area (Å²) in [7, 11) is 0. The van der Waals surface area contributed by atoms with E-state index < -0.39 is 0 Å². The van der Waals surface area contributed by atoms with Crippen molar-refractivity contribution in [3.63, 3.8) is 0 Å². The lowest BCUT2D eigenvalue weighted by atomic mass is 10.1. The lowest BCUT2D eigenvalue weighted by molar-refractivity contribution is 0.624. The largest absolute Gasteiger partial charge is 0.0656 e. The Morgan fingerprint density at radius 1 is 0.370 bits per heavy atom. The van der Waals surface area contributed by atoms with Gasteiger partial charge >= 0.3 is 0 Å². The second kappa shape index (κ2) is 50.2. The van der Waals surface area contributed by atoms with Gasteiger partial charge in [-0.25, -0.2) is 0 Å². The summed E-state index contributed by atoms with van der Waals surface area (Å²) in [5, 5.41) is 0. The SMILES string of the molecule is CCC.CCC(C)C.CCCCC.CCCCCC.CCCCCCCC. The van der Waals surface area contributed by atoms with E-state index in [4.69, 9.17) is 0 Å². The van der Waals surface area contributed by atoms with E-state index in [1.807, 2.05) is 0 Å². The van der Waals surface area contributed by atoms with Crippen LogP contribution in [0.25, 0.3) is 0 Å². The number of rotatable bonds is 11. The molecule has 0 aromatic carbocycles. The van der Waals surface area contributed by atoms with Gasteiger partial charge in [-0.15, -0.1) is 0 Å². The highest BCUT2D eigenvalue weighted by Gasteiger charge is 1.83. The first kappa shape index (κ1) is 37.7. The third-order valence-electron chi connectivity index (χ3n) is 3.94. The van der Waals surface area contributed by atoms with E-state index in [1.165, 1.54) is 96.3 Å². The van der Waals surface area contributed by atoms with Gasteiger partial charge in [0.25, 0.3) is 0 Å². The molecule has 0 bridgehead atoms. The first-order chi connectivity index (χ1) is 12.9. The smallest absolute Gasteiger partial charge is 0.0474 e. The van der Waals surface area contributed by atoms with Crippen LogP contribution in [0, 0.1) is 5.92 Å². The zero-order valence-corrected chi connectivity index (χ0v) is 22.2. The van der Waals surface area contributed by atoms with E-state index in [2.05, 4.69) is 76.2 Å². The molecule has 0 rings (SSSR count). The molecule has 0 heterocycles. The minimum atomic E-state index is 0.884. The summed E-state index contributed by atoms with van der Waals surface area (Å²) in [5.41, 5.74) is 0. The monoisotopic (exact) mass is 389 g/mol. The van der Waals surface area contributed by atoms with E-state index in [0.29, 0.717) is 0 Å². The average Bonchev–Trinajstić information content (AvgIpc) is 2.66. The Kier molecular flexibility index (Phi) is 70.1. The molecular formula is C27H64. The van der Waals surface area contributed by atoms with Crippen LogP contribution in [-0.4, -0.2) is 0 Å². The summed E-state index contributed by atoms with van der Waals surface area (Å²) in [4.78, 5) is 0. The minimum absolute atomic E-state index is 0.884. The molecule has 0 saturated carbocycles. The minimum Gasteiger partial charge on any atom is -0.0656 e. The van der Waals surface area contributed by atoms with Crippen LogP contribution in [0.1, 0.15) is 172 Å². The molecule has 0 aliphatic rings. The third-order valence-corrected chi connectivity index (χ3v) is 3.94. The van der Waals surface area contributed by atoms with E-state index in [0.717, 1.165) is 5.92 Å². The number of hydrogen-bond donors (Lipinski definition) is 0. The summed E-state index contributed by atoms with van der Waals surface area (Å²) < 4.78 is 0. The van der Waals surface area contributed by atoms with Crippen molar-refractivity contribution >= 4 is 0 Å². The Bertz CT molecular complexity index is 136. The molecule has 0 atom stereocenters. The number of unbranched alkanes of at least 4 members (excludes halogenated alkanes) is 10. The standard InChI is InChI=1S/C8H18.C6H14.2C5H12.C3H8/c1-3-5-7-8-6-4-2;1-3-5-6-4-2;1-4-5(2)3;1-3-5-4-2;1-3-2/h3-8H2,1-2H3;3-6H2,1-2H3;5H,4H2,1-3H3;3-5H2,1-2H3;3H2,1-2H3. The van der Waals surface area contributed by atoms with Gasteiger partial charge in [-0.1, -0.05) is 172 Å². The molecule has 0 fully saturated rings. The van der Waals surface area contributed by atoms with Gasteiger partial charge in [0, 0.05) is 0 Å². The Labute approximate surface area is 178 Å². The van der Waals surface area contributed by atoms with Crippen molar-refractivity contribution in [3.8, 4) is 0 Å². The molecule has 0 radical (unpaired) electrons. The average molecular weight is 389 g/mol. The summed E-state index contributed by atoms with van der Waals surface area (Å²) in [6.07, 6.45) is 20.7. The molecule has 0 unspecified atom stereocenters. The molecule has 0 heteroatoms. The zero-order chi connectivity index (χ0) is 22.2. The Morgan fingerprint density at radius 2 is 0.556 bits per heavy atom. The van der Waals surface area contributed by atoms with Crippen LogP contribution in [0.15, 0.2) is 0 Å². The van der Waals surface area contributed by atoms with Gasteiger partial charge in [0.1, 0.15) is 0 Å². The molecule has 0 aromatic heterocycles. The lowest BCUT2D eigenvalue weighted by Gasteiger charge is -1.93. The van der Waals surface area contributed by atoms with Crippen LogP contribution in [-0.2, 0) is 0 Å². The van der Waals surface area contributed by atoms with Gasteiger partial charge in [-0.3, -0.25) is 0 Å². The first-order valence-corrected chi connectivity index (χ1v) is 12.9. The highest BCUT2D eigenvalue weighted by Crippen LogP contribution is 2.03. The summed E-state index contributed by atoms with van der Waals surface area (Å²) in [5.74, 6) is 0.884. The van der Waals surface area contributed by atoms with Crippen LogP contribution in [0.2, 0.25) is 0 Å². The van der Waals surface area contributed by atoms with Crippen LogP contribution in [0.5, 0.6) is 0 Å². The van der Waals surface area contributed by atoms with Crippen molar-refractivity contribution in [1.29, 1.82) is 0 Å². The normalized spacial score (nSPS) is 8.89. The van der Waals surface area contributed by atoms with Crippen LogP contribution < -0.4 is 0 Å². The van der Waals surface area contributed by atoms with E-state index in [1.54, 1.807) is 0 Å². The van der Waals surface area contributed by atoms with Crippen molar-refractivity contribution in [2.24, 2.45) is 5.92 Å². The van der Waals surface area contributed by atoms with Crippen LogP contribution in [0.3, 0.4) is 0 Å². The molecule has 0 spiro atoms. The topological polar surface area (TPSA) is 0 Å². The van der Waals surface area contributed by atoms with E-state index in [-0.39, 0.29) is 0 Å². The Morgan fingerprint density at radius 3 is 0.667 bits per heavy atom. The highest BCUT2D eigenvalue weighted by atomic mass is 13.9. The fourth-order valence-electron chi connectivity index (χ4n) is 1.71. The quantitative estimate of drug-likeness (QED) is 0.308. The molecule has 0 aliphatic carbocycles. The van der Waals surface area contributed by atoms with Gasteiger partial charge in [0.15, 0.2) is 0 Å². The fourth-order valence-corrected chi connectivity index (χ4v) is 1.71. The second-order valence-electron chi connectivity index (χ2n) is 7.98. The van der Waals surface area contributed by atoms with Gasteiger partial charge in [-0.2, -0.15) is 0 Å². The third kappa shape index (κ3) is 104. The van der Waals surface area contributed by atoms with E-state index >= 15 is 0 Å². The van der Waals surface area contributed by atoms with Crippen molar-refractivity contribution in [1.82, 2.24) is 0 Å². The van der Waals surface area contributed by atoms with Crippen molar-refractivity contribution in [3.05, 3.63) is 0 Å². The molecule has 0 N–H and O–H groups in total. The van der Waals surface area contributed by atoms with Crippen molar-refractivity contribution in [2.75, 3.05) is 0 Å². The molecule has 0 amide bonds. The molecule has 0 nitrogen and oxygen atoms in total.